The van der Waals surface area contributed by atoms with Crippen molar-refractivity contribution >= 4 is 5.69 Å². The molecular weight excluding hydrogens is 188 g/mol. The van der Waals surface area contributed by atoms with Gasteiger partial charge in [-0.3, -0.25) is 0 Å². The van der Waals surface area contributed by atoms with Crippen molar-refractivity contribution in [1.82, 2.24) is 0 Å². The molecular formula is C12H18N2O. The molecule has 1 aliphatic rings. The Morgan fingerprint density at radius 2 is 2.13 bits per heavy atom. The van der Waals surface area contributed by atoms with E-state index in [1.165, 1.54) is 18.4 Å². The first kappa shape index (κ1) is 10.3. The SMILES string of the molecule is COc1ccc(CCC2(N)CC2)cc1N. The monoisotopic (exact) mass is 206 g/mol. The van der Waals surface area contributed by atoms with Crippen LogP contribution in [0.5, 0.6) is 5.75 Å². The van der Waals surface area contributed by atoms with E-state index in [-0.39, 0.29) is 5.54 Å². The number of nitrogen functional groups attached to an aromatic ring is 1. The highest BCUT2D eigenvalue weighted by molar-refractivity contribution is 5.54. The second-order valence-electron chi connectivity index (χ2n) is 4.44. The highest BCUT2D eigenvalue weighted by Crippen LogP contribution is 2.36. The summed E-state index contributed by atoms with van der Waals surface area (Å²) in [5, 5.41) is 0. The quantitative estimate of drug-likeness (QED) is 0.737. The number of nitrogens with two attached hydrogens (primary N) is 2. The number of hydrogen-bond donors (Lipinski definition) is 2. The summed E-state index contributed by atoms with van der Waals surface area (Å²) in [4.78, 5) is 0. The van der Waals surface area contributed by atoms with Gasteiger partial charge in [-0.2, -0.15) is 0 Å². The number of methoxy groups -OCH3 is 1. The Bertz CT molecular complexity index is 359. The van der Waals surface area contributed by atoms with Gasteiger partial charge in [0.1, 0.15) is 5.75 Å². The molecule has 1 fully saturated rings. The van der Waals surface area contributed by atoms with E-state index in [1.807, 2.05) is 12.1 Å². The molecule has 0 spiro atoms. The van der Waals surface area contributed by atoms with Gasteiger partial charge >= 0.3 is 0 Å². The van der Waals surface area contributed by atoms with Crippen LogP contribution in [0.1, 0.15) is 24.8 Å². The first-order valence-corrected chi connectivity index (χ1v) is 5.34. The van der Waals surface area contributed by atoms with Crippen LogP contribution in [0.15, 0.2) is 18.2 Å². The molecule has 3 nitrogen and oxygen atoms in total. The molecule has 0 unspecified atom stereocenters. The van der Waals surface area contributed by atoms with Crippen molar-refractivity contribution in [3.63, 3.8) is 0 Å². The molecule has 1 aromatic carbocycles. The van der Waals surface area contributed by atoms with Crippen LogP contribution in [0.3, 0.4) is 0 Å². The molecule has 0 aromatic heterocycles. The van der Waals surface area contributed by atoms with E-state index in [0.717, 1.165) is 18.6 Å². The Hall–Kier alpha value is -1.22. The maximum atomic E-state index is 6.03. The molecule has 0 saturated heterocycles. The van der Waals surface area contributed by atoms with Gasteiger partial charge in [-0.15, -0.1) is 0 Å². The topological polar surface area (TPSA) is 61.3 Å². The molecule has 1 saturated carbocycles. The number of aryl methyl sites for hydroxylation is 1. The third-order valence-corrected chi connectivity index (χ3v) is 3.10. The fourth-order valence-electron chi connectivity index (χ4n) is 1.74. The summed E-state index contributed by atoms with van der Waals surface area (Å²) < 4.78 is 5.11. The van der Waals surface area contributed by atoms with Gasteiger partial charge in [0.15, 0.2) is 0 Å². The van der Waals surface area contributed by atoms with E-state index in [0.29, 0.717) is 5.69 Å². The summed E-state index contributed by atoms with van der Waals surface area (Å²) in [6.45, 7) is 0. The Labute approximate surface area is 90.4 Å². The average Bonchev–Trinajstić information content (AvgIpc) is 2.95. The predicted molar refractivity (Wildman–Crippen MR) is 61.9 cm³/mol. The molecule has 2 rings (SSSR count). The van der Waals surface area contributed by atoms with Gasteiger partial charge in [-0.1, -0.05) is 6.07 Å². The van der Waals surface area contributed by atoms with E-state index in [9.17, 15) is 0 Å². The number of benzene rings is 1. The predicted octanol–water partition coefficient (Wildman–Crippen LogP) is 1.70. The van der Waals surface area contributed by atoms with Crippen molar-refractivity contribution in [2.24, 2.45) is 5.73 Å². The van der Waals surface area contributed by atoms with Crippen LogP contribution in [-0.2, 0) is 6.42 Å². The third-order valence-electron chi connectivity index (χ3n) is 3.10. The van der Waals surface area contributed by atoms with Gasteiger partial charge in [-0.05, 0) is 43.4 Å². The molecule has 0 heterocycles. The van der Waals surface area contributed by atoms with Crippen LogP contribution in [0.25, 0.3) is 0 Å². The molecule has 0 bridgehead atoms. The summed E-state index contributed by atoms with van der Waals surface area (Å²) in [5.74, 6) is 0.743. The zero-order chi connectivity index (χ0) is 10.9. The first-order valence-electron chi connectivity index (χ1n) is 5.34. The van der Waals surface area contributed by atoms with E-state index < -0.39 is 0 Å². The normalized spacial score (nSPS) is 17.5. The third kappa shape index (κ3) is 2.42. The summed E-state index contributed by atoms with van der Waals surface area (Å²) in [6, 6.07) is 5.95. The fourth-order valence-corrected chi connectivity index (χ4v) is 1.74. The first-order chi connectivity index (χ1) is 7.13. The van der Waals surface area contributed by atoms with Crippen molar-refractivity contribution in [2.45, 2.75) is 31.2 Å². The lowest BCUT2D eigenvalue weighted by Gasteiger charge is -2.10. The van der Waals surface area contributed by atoms with E-state index in [4.69, 9.17) is 16.2 Å². The smallest absolute Gasteiger partial charge is 0.141 e. The molecule has 0 amide bonds. The minimum atomic E-state index is 0.120. The zero-order valence-corrected chi connectivity index (χ0v) is 9.12. The Morgan fingerprint density at radius 3 is 2.67 bits per heavy atom. The van der Waals surface area contributed by atoms with Gasteiger partial charge in [0.05, 0.1) is 12.8 Å². The van der Waals surface area contributed by atoms with Gasteiger partial charge in [0.25, 0.3) is 0 Å². The second-order valence-corrected chi connectivity index (χ2v) is 4.44. The van der Waals surface area contributed by atoms with Gasteiger partial charge in [0, 0.05) is 5.54 Å². The molecule has 4 N–H and O–H groups in total. The molecule has 15 heavy (non-hydrogen) atoms. The molecule has 0 atom stereocenters. The summed E-state index contributed by atoms with van der Waals surface area (Å²) >= 11 is 0. The van der Waals surface area contributed by atoms with Crippen molar-refractivity contribution in [3.8, 4) is 5.75 Å². The van der Waals surface area contributed by atoms with Crippen LogP contribution < -0.4 is 16.2 Å². The highest BCUT2D eigenvalue weighted by atomic mass is 16.5. The lowest BCUT2D eigenvalue weighted by atomic mass is 10.0. The summed E-state index contributed by atoms with van der Waals surface area (Å²) in [6.07, 6.45) is 4.39. The fraction of sp³-hybridized carbons (Fsp3) is 0.500. The molecule has 0 radical (unpaired) electrons. The Morgan fingerprint density at radius 1 is 1.40 bits per heavy atom. The van der Waals surface area contributed by atoms with Crippen molar-refractivity contribution in [3.05, 3.63) is 23.8 Å². The maximum absolute atomic E-state index is 6.03. The maximum Gasteiger partial charge on any atom is 0.141 e. The lowest BCUT2D eigenvalue weighted by Crippen LogP contribution is -2.22. The van der Waals surface area contributed by atoms with E-state index in [1.54, 1.807) is 7.11 Å². The molecule has 0 aliphatic heterocycles. The highest BCUT2D eigenvalue weighted by Gasteiger charge is 2.37. The molecule has 3 heteroatoms. The molecule has 82 valence electrons. The largest absolute Gasteiger partial charge is 0.495 e. The zero-order valence-electron chi connectivity index (χ0n) is 9.12. The molecule has 1 aliphatic carbocycles. The van der Waals surface area contributed by atoms with Crippen molar-refractivity contribution in [1.29, 1.82) is 0 Å². The van der Waals surface area contributed by atoms with Crippen LogP contribution in [0, 0.1) is 0 Å². The van der Waals surface area contributed by atoms with Crippen molar-refractivity contribution in [2.75, 3.05) is 12.8 Å². The summed E-state index contributed by atoms with van der Waals surface area (Å²) in [7, 11) is 1.63. The number of rotatable bonds is 4. The van der Waals surface area contributed by atoms with E-state index in [2.05, 4.69) is 6.07 Å². The minimum absolute atomic E-state index is 0.120. The van der Waals surface area contributed by atoms with Crippen LogP contribution >= 0.6 is 0 Å². The van der Waals surface area contributed by atoms with Gasteiger partial charge < -0.3 is 16.2 Å². The van der Waals surface area contributed by atoms with Crippen LogP contribution in [-0.4, -0.2) is 12.6 Å². The van der Waals surface area contributed by atoms with Gasteiger partial charge in [0.2, 0.25) is 0 Å². The lowest BCUT2D eigenvalue weighted by molar-refractivity contribution is 0.417. The Kier molecular flexibility index (Phi) is 2.57. The summed E-state index contributed by atoms with van der Waals surface area (Å²) in [5.41, 5.74) is 13.9. The standard InChI is InChI=1S/C12H18N2O/c1-15-11-3-2-9(8-10(11)13)4-5-12(14)6-7-12/h2-3,8H,4-7,13-14H2,1H3. The van der Waals surface area contributed by atoms with Gasteiger partial charge in [-0.25, -0.2) is 0 Å². The van der Waals surface area contributed by atoms with Crippen LogP contribution in [0.4, 0.5) is 5.69 Å². The second kappa shape index (κ2) is 3.74. The molecule has 1 aromatic rings. The van der Waals surface area contributed by atoms with E-state index >= 15 is 0 Å². The number of anilines is 1. The number of ether oxygens (including phenoxy) is 1. The average molecular weight is 206 g/mol. The van der Waals surface area contributed by atoms with Crippen LogP contribution in [0.2, 0.25) is 0 Å². The van der Waals surface area contributed by atoms with Crippen molar-refractivity contribution < 1.29 is 4.74 Å². The minimum Gasteiger partial charge on any atom is -0.495 e. The Balaban J connectivity index is 1.99. The number of hydrogen-bond acceptors (Lipinski definition) is 3.